The Kier molecular flexibility index (Phi) is 3.84. The van der Waals surface area contributed by atoms with Gasteiger partial charge in [0.2, 0.25) is 17.5 Å². The van der Waals surface area contributed by atoms with Crippen molar-refractivity contribution in [2.24, 2.45) is 0 Å². The third-order valence-corrected chi connectivity index (χ3v) is 2.38. The number of halogens is 2. The summed E-state index contributed by atoms with van der Waals surface area (Å²) in [5, 5.41) is 3.64. The zero-order chi connectivity index (χ0) is 13.8. The van der Waals surface area contributed by atoms with Gasteiger partial charge >= 0.3 is 0 Å². The lowest BCUT2D eigenvalue weighted by Crippen LogP contribution is -2.12. The van der Waals surface area contributed by atoms with Crippen molar-refractivity contribution in [3.8, 4) is 17.1 Å². The molecule has 0 N–H and O–H groups in total. The number of alkyl halides is 2. The molecule has 2 rings (SSSR count). The lowest BCUT2D eigenvalue weighted by Gasteiger charge is -2.02. The molecule has 1 aromatic heterocycles. The lowest BCUT2D eigenvalue weighted by atomic mass is 10.2. The monoisotopic (exact) mass is 268 g/mol. The summed E-state index contributed by atoms with van der Waals surface area (Å²) in [5.74, 6) is -0.689. The number of hydrogen-bond acceptors (Lipinski definition) is 5. The molecule has 0 amide bonds. The van der Waals surface area contributed by atoms with Crippen LogP contribution in [0.3, 0.4) is 0 Å². The first-order chi connectivity index (χ1) is 9.11. The second-order valence-corrected chi connectivity index (χ2v) is 3.66. The summed E-state index contributed by atoms with van der Waals surface area (Å²) < 4.78 is 34.1. The molecule has 0 radical (unpaired) electrons. The van der Waals surface area contributed by atoms with Crippen molar-refractivity contribution < 1.29 is 22.8 Å². The predicted octanol–water partition coefficient (Wildman–Crippen LogP) is 2.12. The minimum atomic E-state index is -3.04. The van der Waals surface area contributed by atoms with Gasteiger partial charge in [-0.05, 0) is 12.1 Å². The average molecular weight is 268 g/mol. The zero-order valence-electron chi connectivity index (χ0n) is 9.97. The minimum absolute atomic E-state index is 0.147. The summed E-state index contributed by atoms with van der Waals surface area (Å²) in [7, 11) is 1.49. The molecule has 0 saturated carbocycles. The van der Waals surface area contributed by atoms with E-state index in [1.165, 1.54) is 7.11 Å². The van der Waals surface area contributed by atoms with Crippen LogP contribution in [-0.4, -0.2) is 29.5 Å². The standard InChI is InChI=1S/C12H10F2N2O3/c1-18-9-5-3-2-4-7(9)12-15-10(19-16-12)6-8(17)11(13)14/h2-5,11H,6H2,1H3. The summed E-state index contributed by atoms with van der Waals surface area (Å²) >= 11 is 0. The summed E-state index contributed by atoms with van der Waals surface area (Å²) in [5.41, 5.74) is 0.560. The van der Waals surface area contributed by atoms with Crippen LogP contribution in [0, 0.1) is 0 Å². The SMILES string of the molecule is COc1ccccc1-c1noc(CC(=O)C(F)F)n1. The van der Waals surface area contributed by atoms with Gasteiger partial charge in [-0.2, -0.15) is 4.98 Å². The van der Waals surface area contributed by atoms with E-state index in [9.17, 15) is 13.6 Å². The van der Waals surface area contributed by atoms with Gasteiger partial charge in [0, 0.05) is 0 Å². The fourth-order valence-corrected chi connectivity index (χ4v) is 1.49. The van der Waals surface area contributed by atoms with Gasteiger partial charge < -0.3 is 9.26 Å². The molecule has 1 heterocycles. The first kappa shape index (κ1) is 13.1. The van der Waals surface area contributed by atoms with Gasteiger partial charge in [-0.3, -0.25) is 4.79 Å². The molecular weight excluding hydrogens is 258 g/mol. The predicted molar refractivity (Wildman–Crippen MR) is 61.0 cm³/mol. The molecule has 0 spiro atoms. The summed E-state index contributed by atoms with van der Waals surface area (Å²) in [4.78, 5) is 14.8. The van der Waals surface area contributed by atoms with E-state index in [0.717, 1.165) is 0 Å². The Hall–Kier alpha value is -2.31. The molecule has 0 bridgehead atoms. The van der Waals surface area contributed by atoms with Gasteiger partial charge in [0.25, 0.3) is 6.43 Å². The molecule has 0 atom stereocenters. The number of benzene rings is 1. The molecule has 0 saturated heterocycles. The number of Topliss-reactive ketones (excluding diaryl/α,β-unsaturated/α-hetero) is 1. The molecule has 0 unspecified atom stereocenters. The number of methoxy groups -OCH3 is 1. The van der Waals surface area contributed by atoms with Gasteiger partial charge in [0.1, 0.15) is 5.75 Å². The third-order valence-electron chi connectivity index (χ3n) is 2.38. The van der Waals surface area contributed by atoms with Crippen LogP contribution in [0.25, 0.3) is 11.4 Å². The number of ether oxygens (including phenoxy) is 1. The number of carbonyl (C=O) groups excluding carboxylic acids is 1. The number of carbonyl (C=O) groups is 1. The van der Waals surface area contributed by atoms with E-state index < -0.39 is 18.6 Å². The van der Waals surface area contributed by atoms with Crippen molar-refractivity contribution in [3.05, 3.63) is 30.2 Å². The number of para-hydroxylation sites is 1. The molecule has 5 nitrogen and oxygen atoms in total. The molecule has 19 heavy (non-hydrogen) atoms. The number of ketones is 1. The Labute approximate surface area is 107 Å². The number of nitrogens with zero attached hydrogens (tertiary/aromatic N) is 2. The second kappa shape index (κ2) is 5.55. The maximum Gasteiger partial charge on any atom is 0.296 e. The molecule has 1 aromatic carbocycles. The van der Waals surface area contributed by atoms with E-state index in [0.29, 0.717) is 11.3 Å². The second-order valence-electron chi connectivity index (χ2n) is 3.66. The molecular formula is C12H10F2N2O3. The first-order valence-corrected chi connectivity index (χ1v) is 5.38. The van der Waals surface area contributed by atoms with Crippen LogP contribution in [0.5, 0.6) is 5.75 Å². The molecule has 0 fully saturated rings. The van der Waals surface area contributed by atoms with Crippen LogP contribution in [0.4, 0.5) is 8.78 Å². The average Bonchev–Trinajstić information content (AvgIpc) is 2.86. The van der Waals surface area contributed by atoms with E-state index in [4.69, 9.17) is 9.26 Å². The first-order valence-electron chi connectivity index (χ1n) is 5.38. The molecule has 7 heteroatoms. The van der Waals surface area contributed by atoms with Gasteiger partial charge in [0.05, 0.1) is 19.1 Å². The van der Waals surface area contributed by atoms with Crippen molar-refractivity contribution in [2.45, 2.75) is 12.8 Å². The number of rotatable bonds is 5. The fourth-order valence-electron chi connectivity index (χ4n) is 1.49. The Morgan fingerprint density at radius 3 is 2.84 bits per heavy atom. The zero-order valence-corrected chi connectivity index (χ0v) is 9.97. The van der Waals surface area contributed by atoms with E-state index in [1.54, 1.807) is 24.3 Å². The van der Waals surface area contributed by atoms with E-state index in [1.807, 2.05) is 0 Å². The van der Waals surface area contributed by atoms with Crippen molar-refractivity contribution in [2.75, 3.05) is 7.11 Å². The Bertz CT molecular complexity index is 584. The van der Waals surface area contributed by atoms with E-state index in [-0.39, 0.29) is 11.7 Å². The number of hydrogen-bond donors (Lipinski definition) is 0. The van der Waals surface area contributed by atoms with Gasteiger partial charge in [0.15, 0.2) is 0 Å². The van der Waals surface area contributed by atoms with Crippen LogP contribution in [-0.2, 0) is 11.2 Å². The van der Waals surface area contributed by atoms with Crippen LogP contribution in [0.2, 0.25) is 0 Å². The van der Waals surface area contributed by atoms with Crippen LogP contribution < -0.4 is 4.74 Å². The smallest absolute Gasteiger partial charge is 0.296 e. The van der Waals surface area contributed by atoms with Crippen LogP contribution in [0.15, 0.2) is 28.8 Å². The highest BCUT2D eigenvalue weighted by Gasteiger charge is 2.20. The molecule has 0 aliphatic heterocycles. The van der Waals surface area contributed by atoms with E-state index >= 15 is 0 Å². The highest BCUT2D eigenvalue weighted by molar-refractivity contribution is 5.83. The Balaban J connectivity index is 2.23. The minimum Gasteiger partial charge on any atom is -0.496 e. The summed E-state index contributed by atoms with van der Waals surface area (Å²) in [6, 6.07) is 6.92. The largest absolute Gasteiger partial charge is 0.496 e. The Morgan fingerprint density at radius 2 is 2.16 bits per heavy atom. The summed E-state index contributed by atoms with van der Waals surface area (Å²) in [6.07, 6.45) is -3.62. The van der Waals surface area contributed by atoms with Gasteiger partial charge in [-0.1, -0.05) is 17.3 Å². The quantitative estimate of drug-likeness (QED) is 0.831. The normalized spacial score (nSPS) is 10.7. The maximum absolute atomic E-state index is 12.1. The molecule has 0 aliphatic carbocycles. The molecule has 0 aliphatic rings. The molecule has 100 valence electrons. The van der Waals surface area contributed by atoms with Gasteiger partial charge in [-0.15, -0.1) is 0 Å². The topological polar surface area (TPSA) is 65.2 Å². The third kappa shape index (κ3) is 2.93. The summed E-state index contributed by atoms with van der Waals surface area (Å²) in [6.45, 7) is 0. The van der Waals surface area contributed by atoms with Crippen molar-refractivity contribution in [3.63, 3.8) is 0 Å². The highest BCUT2D eigenvalue weighted by Crippen LogP contribution is 2.27. The lowest BCUT2D eigenvalue weighted by molar-refractivity contribution is -0.129. The van der Waals surface area contributed by atoms with E-state index in [2.05, 4.69) is 10.1 Å². The van der Waals surface area contributed by atoms with Crippen LogP contribution >= 0.6 is 0 Å². The highest BCUT2D eigenvalue weighted by atomic mass is 19.3. The van der Waals surface area contributed by atoms with Crippen LogP contribution in [0.1, 0.15) is 5.89 Å². The maximum atomic E-state index is 12.1. The fraction of sp³-hybridized carbons (Fsp3) is 0.250. The Morgan fingerprint density at radius 1 is 1.42 bits per heavy atom. The van der Waals surface area contributed by atoms with Crippen molar-refractivity contribution >= 4 is 5.78 Å². The number of aromatic nitrogens is 2. The van der Waals surface area contributed by atoms with Crippen molar-refractivity contribution in [1.82, 2.24) is 10.1 Å². The molecule has 2 aromatic rings. The van der Waals surface area contributed by atoms with Crippen molar-refractivity contribution in [1.29, 1.82) is 0 Å². The van der Waals surface area contributed by atoms with Gasteiger partial charge in [-0.25, -0.2) is 8.78 Å².